The lowest BCUT2D eigenvalue weighted by atomic mass is 10.0. The lowest BCUT2D eigenvalue weighted by Gasteiger charge is -2.30. The van der Waals surface area contributed by atoms with Gasteiger partial charge in [-0.1, -0.05) is 44.2 Å². The quantitative estimate of drug-likeness (QED) is 0.385. The third-order valence-corrected chi connectivity index (χ3v) is 8.04. The molecule has 226 valence electrons. The number of ether oxygens (including phenoxy) is 1. The van der Waals surface area contributed by atoms with E-state index in [-0.39, 0.29) is 11.8 Å². The SMILES string of the molecule is COc1ccc(CC(=O)N2CCCN(C(C)C)CCN(C(=O)c3cc(CC(C)C)nn3C)Cc3cccc(C)c32)cc1. The Kier molecular flexibility index (Phi) is 10.4. The summed E-state index contributed by atoms with van der Waals surface area (Å²) in [4.78, 5) is 34.4. The number of hydrogen-bond donors (Lipinski definition) is 0. The van der Waals surface area contributed by atoms with Crippen molar-refractivity contribution in [2.45, 2.75) is 66.5 Å². The normalized spacial score (nSPS) is 15.1. The zero-order valence-corrected chi connectivity index (χ0v) is 26.4. The van der Waals surface area contributed by atoms with Gasteiger partial charge >= 0.3 is 0 Å². The molecule has 3 aromatic rings. The van der Waals surface area contributed by atoms with Crippen molar-refractivity contribution in [3.8, 4) is 5.75 Å². The van der Waals surface area contributed by atoms with Crippen molar-refractivity contribution in [1.29, 1.82) is 0 Å². The smallest absolute Gasteiger partial charge is 0.272 e. The first-order valence-electron chi connectivity index (χ1n) is 15.1. The minimum atomic E-state index is -0.0356. The molecule has 0 bridgehead atoms. The van der Waals surface area contributed by atoms with Crippen molar-refractivity contribution in [3.05, 3.63) is 76.6 Å². The standard InChI is InChI=1S/C34H47N5O3/c1-24(2)20-29-22-31(36(6)35-29)34(41)38-19-18-37(25(3)4)16-9-17-39(33-26(5)10-8-11-28(33)23-38)32(40)21-27-12-14-30(42-7)15-13-27/h8,10-15,22,24-25H,9,16-21,23H2,1-7H3. The predicted octanol–water partition coefficient (Wildman–Crippen LogP) is 5.27. The van der Waals surface area contributed by atoms with Crippen molar-refractivity contribution in [2.24, 2.45) is 13.0 Å². The number of rotatable bonds is 7. The molecule has 0 spiro atoms. The molecule has 0 aliphatic carbocycles. The Morgan fingerprint density at radius 1 is 0.976 bits per heavy atom. The summed E-state index contributed by atoms with van der Waals surface area (Å²) >= 11 is 0. The summed E-state index contributed by atoms with van der Waals surface area (Å²) in [5, 5.41) is 4.64. The molecule has 42 heavy (non-hydrogen) atoms. The number of nitrogens with zero attached hydrogens (tertiary/aromatic N) is 5. The maximum atomic E-state index is 14.1. The van der Waals surface area contributed by atoms with Crippen LogP contribution in [-0.4, -0.2) is 70.7 Å². The largest absolute Gasteiger partial charge is 0.497 e. The van der Waals surface area contributed by atoms with Gasteiger partial charge < -0.3 is 14.5 Å². The van der Waals surface area contributed by atoms with Crippen LogP contribution >= 0.6 is 0 Å². The molecule has 4 rings (SSSR count). The predicted molar refractivity (Wildman–Crippen MR) is 168 cm³/mol. The summed E-state index contributed by atoms with van der Waals surface area (Å²) in [6, 6.07) is 16.1. The highest BCUT2D eigenvalue weighted by Crippen LogP contribution is 2.29. The highest BCUT2D eigenvalue weighted by molar-refractivity contribution is 5.97. The molecular weight excluding hydrogens is 526 g/mol. The molecule has 2 aromatic carbocycles. The number of fused-ring (bicyclic) bond motifs is 1. The van der Waals surface area contributed by atoms with Crippen LogP contribution in [0.5, 0.6) is 5.75 Å². The second-order valence-electron chi connectivity index (χ2n) is 12.1. The van der Waals surface area contributed by atoms with E-state index in [1.807, 2.05) is 53.2 Å². The van der Waals surface area contributed by atoms with Gasteiger partial charge in [-0.3, -0.25) is 19.2 Å². The second kappa shape index (κ2) is 14.0. The molecule has 8 heteroatoms. The van der Waals surface area contributed by atoms with E-state index in [9.17, 15) is 9.59 Å². The van der Waals surface area contributed by atoms with Gasteiger partial charge in [-0.15, -0.1) is 0 Å². The molecule has 1 aliphatic heterocycles. The van der Waals surface area contributed by atoms with Crippen LogP contribution in [-0.2, 0) is 31.2 Å². The van der Waals surface area contributed by atoms with Crippen molar-refractivity contribution in [1.82, 2.24) is 19.6 Å². The number of carbonyl (C=O) groups is 2. The zero-order chi connectivity index (χ0) is 30.4. The third-order valence-electron chi connectivity index (χ3n) is 8.04. The summed E-state index contributed by atoms with van der Waals surface area (Å²) < 4.78 is 7.01. The van der Waals surface area contributed by atoms with Gasteiger partial charge in [-0.25, -0.2) is 0 Å². The number of aryl methyl sites for hydroxylation is 2. The number of aromatic nitrogens is 2. The highest BCUT2D eigenvalue weighted by atomic mass is 16.5. The van der Waals surface area contributed by atoms with Crippen molar-refractivity contribution in [2.75, 3.05) is 38.2 Å². The molecule has 0 N–H and O–H groups in total. The van der Waals surface area contributed by atoms with Gasteiger partial charge in [0.05, 0.1) is 24.9 Å². The van der Waals surface area contributed by atoms with Crippen LogP contribution in [0.15, 0.2) is 48.5 Å². The molecule has 0 radical (unpaired) electrons. The summed E-state index contributed by atoms with van der Waals surface area (Å²) in [6.07, 6.45) is 1.96. The van der Waals surface area contributed by atoms with Crippen molar-refractivity contribution in [3.63, 3.8) is 0 Å². The summed E-state index contributed by atoms with van der Waals surface area (Å²) in [5.41, 5.74) is 5.40. The number of carbonyl (C=O) groups excluding carboxylic acids is 2. The maximum Gasteiger partial charge on any atom is 0.272 e. The van der Waals surface area contributed by atoms with Gasteiger partial charge in [-0.05, 0) is 74.4 Å². The Morgan fingerprint density at radius 3 is 2.38 bits per heavy atom. The first-order chi connectivity index (χ1) is 20.1. The van der Waals surface area contributed by atoms with E-state index >= 15 is 0 Å². The lowest BCUT2D eigenvalue weighted by Crippen LogP contribution is -2.41. The molecule has 0 saturated carbocycles. The lowest BCUT2D eigenvalue weighted by molar-refractivity contribution is -0.118. The summed E-state index contributed by atoms with van der Waals surface area (Å²) in [7, 11) is 3.49. The van der Waals surface area contributed by atoms with Gasteiger partial charge in [-0.2, -0.15) is 5.10 Å². The first-order valence-corrected chi connectivity index (χ1v) is 15.1. The Morgan fingerprint density at radius 2 is 1.71 bits per heavy atom. The fourth-order valence-corrected chi connectivity index (χ4v) is 5.78. The molecule has 0 unspecified atom stereocenters. The monoisotopic (exact) mass is 573 g/mol. The van der Waals surface area contributed by atoms with E-state index < -0.39 is 0 Å². The van der Waals surface area contributed by atoms with Gasteiger partial charge in [0.1, 0.15) is 11.4 Å². The molecule has 0 fully saturated rings. The van der Waals surface area contributed by atoms with Gasteiger partial charge in [0.2, 0.25) is 5.91 Å². The highest BCUT2D eigenvalue weighted by Gasteiger charge is 2.27. The summed E-state index contributed by atoms with van der Waals surface area (Å²) in [5.74, 6) is 1.24. The maximum absolute atomic E-state index is 14.1. The number of hydrogen-bond acceptors (Lipinski definition) is 5. The Bertz CT molecular complexity index is 1360. The average molecular weight is 574 g/mol. The van der Waals surface area contributed by atoms with E-state index in [2.05, 4.69) is 56.8 Å². The van der Waals surface area contributed by atoms with Crippen molar-refractivity contribution < 1.29 is 14.3 Å². The number of methoxy groups -OCH3 is 1. The summed E-state index contributed by atoms with van der Waals surface area (Å²) in [6.45, 7) is 14.0. The van der Waals surface area contributed by atoms with E-state index in [1.54, 1.807) is 11.8 Å². The second-order valence-corrected chi connectivity index (χ2v) is 12.1. The molecule has 2 amide bonds. The van der Waals surface area contributed by atoms with E-state index in [0.717, 1.165) is 59.8 Å². The van der Waals surface area contributed by atoms with E-state index in [0.29, 0.717) is 43.7 Å². The molecule has 1 aromatic heterocycles. The van der Waals surface area contributed by atoms with Gasteiger partial charge in [0.25, 0.3) is 5.91 Å². The van der Waals surface area contributed by atoms with Gasteiger partial charge in [0, 0.05) is 45.8 Å². The van der Waals surface area contributed by atoms with E-state index in [4.69, 9.17) is 4.74 Å². The van der Waals surface area contributed by atoms with Crippen LogP contribution < -0.4 is 9.64 Å². The van der Waals surface area contributed by atoms with Crippen LogP contribution in [0.3, 0.4) is 0 Å². The van der Waals surface area contributed by atoms with Crippen LogP contribution in [0.1, 0.15) is 67.0 Å². The number of anilines is 1. The molecule has 0 atom stereocenters. The first kappa shape index (κ1) is 31.3. The zero-order valence-electron chi connectivity index (χ0n) is 26.4. The van der Waals surface area contributed by atoms with Gasteiger partial charge in [0.15, 0.2) is 0 Å². The third kappa shape index (κ3) is 7.59. The minimum absolute atomic E-state index is 0.0356. The van der Waals surface area contributed by atoms with Crippen LogP contribution in [0.2, 0.25) is 0 Å². The molecule has 1 aliphatic rings. The fourth-order valence-electron chi connectivity index (χ4n) is 5.78. The van der Waals surface area contributed by atoms with E-state index in [1.165, 1.54) is 0 Å². The van der Waals surface area contributed by atoms with Crippen molar-refractivity contribution >= 4 is 17.5 Å². The van der Waals surface area contributed by atoms with Crippen LogP contribution in [0, 0.1) is 12.8 Å². The number of para-hydroxylation sites is 1. The fraction of sp³-hybridized carbons (Fsp3) is 0.500. The molecular formula is C34H47N5O3. The minimum Gasteiger partial charge on any atom is -0.497 e. The number of benzene rings is 2. The van der Waals surface area contributed by atoms with Crippen LogP contribution in [0.4, 0.5) is 5.69 Å². The molecule has 0 saturated heterocycles. The number of amides is 2. The topological polar surface area (TPSA) is 70.9 Å². The Hall–Kier alpha value is -3.65. The molecule has 8 nitrogen and oxygen atoms in total. The Balaban J connectivity index is 1.71. The average Bonchev–Trinajstić information content (AvgIpc) is 3.29. The van der Waals surface area contributed by atoms with Crippen LogP contribution in [0.25, 0.3) is 0 Å². The Labute approximate surface area is 251 Å². The molecule has 2 heterocycles.